The molecule has 2 aliphatic heterocycles. The maximum atomic E-state index is 12.2. The fourth-order valence-corrected chi connectivity index (χ4v) is 3.31. The number of amides is 1. The van der Waals surface area contributed by atoms with Gasteiger partial charge in [0.2, 0.25) is 0 Å². The van der Waals surface area contributed by atoms with Crippen molar-refractivity contribution in [1.29, 1.82) is 0 Å². The highest BCUT2D eigenvalue weighted by atomic mass is 16.6. The molecule has 1 amide bonds. The Kier molecular flexibility index (Phi) is 3.87. The van der Waals surface area contributed by atoms with Crippen molar-refractivity contribution in [2.24, 2.45) is 16.7 Å². The highest BCUT2D eigenvalue weighted by Crippen LogP contribution is 2.48. The minimum Gasteiger partial charge on any atom is -0.481 e. The number of hydrogen-bond donors (Lipinski definition) is 1. The van der Waals surface area contributed by atoms with Crippen molar-refractivity contribution in [3.63, 3.8) is 0 Å². The number of aliphatic carboxylic acids is 1. The van der Waals surface area contributed by atoms with Crippen LogP contribution >= 0.6 is 0 Å². The molecule has 0 saturated carbocycles. The summed E-state index contributed by atoms with van der Waals surface area (Å²) in [7, 11) is 1.28. The first-order chi connectivity index (χ1) is 10.0. The molecule has 22 heavy (non-hydrogen) atoms. The molecular formula is C15H23NO6. The summed E-state index contributed by atoms with van der Waals surface area (Å²) in [5.41, 5.74) is -1.86. The Labute approximate surface area is 129 Å². The van der Waals surface area contributed by atoms with Gasteiger partial charge in [0.1, 0.15) is 0 Å². The summed E-state index contributed by atoms with van der Waals surface area (Å²) in [6, 6.07) is -0.441. The molecule has 2 bridgehead atoms. The van der Waals surface area contributed by atoms with Crippen LogP contribution in [0.4, 0.5) is 4.79 Å². The molecule has 7 heteroatoms. The molecule has 2 aliphatic rings. The zero-order valence-corrected chi connectivity index (χ0v) is 13.6. The van der Waals surface area contributed by atoms with E-state index in [1.165, 1.54) is 12.0 Å². The third kappa shape index (κ3) is 2.32. The molecular weight excluding hydrogens is 290 g/mol. The Morgan fingerprint density at radius 3 is 2.45 bits per heavy atom. The number of esters is 1. The number of methoxy groups -OCH3 is 1. The number of hydrogen-bond acceptors (Lipinski definition) is 5. The third-order valence-electron chi connectivity index (χ3n) is 5.20. The predicted molar refractivity (Wildman–Crippen MR) is 75.8 cm³/mol. The van der Waals surface area contributed by atoms with E-state index < -0.39 is 35.2 Å². The van der Waals surface area contributed by atoms with Gasteiger partial charge in [0.15, 0.2) is 6.23 Å². The molecule has 0 spiro atoms. The summed E-state index contributed by atoms with van der Waals surface area (Å²) < 4.78 is 10.2. The summed E-state index contributed by atoms with van der Waals surface area (Å²) in [5.74, 6) is -1.46. The number of carbonyl (C=O) groups excluding carboxylic acids is 2. The zero-order valence-electron chi connectivity index (χ0n) is 13.6. The van der Waals surface area contributed by atoms with E-state index in [0.717, 1.165) is 0 Å². The van der Waals surface area contributed by atoms with Gasteiger partial charge >= 0.3 is 18.0 Å². The van der Waals surface area contributed by atoms with Crippen molar-refractivity contribution in [3.05, 3.63) is 0 Å². The lowest BCUT2D eigenvalue weighted by molar-refractivity contribution is -0.211. The van der Waals surface area contributed by atoms with E-state index in [4.69, 9.17) is 9.47 Å². The van der Waals surface area contributed by atoms with Crippen LogP contribution in [0.3, 0.4) is 0 Å². The van der Waals surface area contributed by atoms with E-state index in [1.54, 1.807) is 27.7 Å². The number of nitrogens with zero attached hydrogens (tertiary/aromatic N) is 1. The van der Waals surface area contributed by atoms with E-state index in [9.17, 15) is 19.5 Å². The zero-order chi connectivity index (χ0) is 16.9. The number of carboxylic acids is 1. The standard InChI is InChI=1S/C15H23NO6/c1-14(2,11(17)18)8-6-9-15(3,4)12(19)22-10(7-8)16(9)13(20)21-5/h8-10H,6-7H2,1-5H3,(H,17,18)/t8?,9-,10-/m1/s1. The smallest absolute Gasteiger partial charge is 0.412 e. The van der Waals surface area contributed by atoms with E-state index >= 15 is 0 Å². The minimum atomic E-state index is -0.960. The number of carboxylic acid groups (broad SMARTS) is 1. The third-order valence-corrected chi connectivity index (χ3v) is 5.20. The van der Waals surface area contributed by atoms with Crippen molar-refractivity contribution < 1.29 is 29.0 Å². The molecule has 2 rings (SSSR count). The fourth-order valence-electron chi connectivity index (χ4n) is 3.31. The van der Waals surface area contributed by atoms with Crippen LogP contribution in [0.25, 0.3) is 0 Å². The van der Waals surface area contributed by atoms with E-state index in [2.05, 4.69) is 0 Å². The molecule has 0 radical (unpaired) electrons. The molecule has 1 N–H and O–H groups in total. The molecule has 0 aromatic heterocycles. The normalized spacial score (nSPS) is 30.5. The number of carbonyl (C=O) groups is 3. The average Bonchev–Trinajstić information content (AvgIpc) is 2.43. The second kappa shape index (κ2) is 5.14. The van der Waals surface area contributed by atoms with Gasteiger partial charge in [-0.3, -0.25) is 14.5 Å². The topological polar surface area (TPSA) is 93.1 Å². The van der Waals surface area contributed by atoms with Crippen LogP contribution < -0.4 is 0 Å². The van der Waals surface area contributed by atoms with Crippen LogP contribution in [0.2, 0.25) is 0 Å². The van der Waals surface area contributed by atoms with Gasteiger partial charge in [-0.05, 0) is 40.0 Å². The van der Waals surface area contributed by atoms with Gasteiger partial charge in [0, 0.05) is 6.42 Å². The van der Waals surface area contributed by atoms with E-state index in [0.29, 0.717) is 12.8 Å². The van der Waals surface area contributed by atoms with Crippen molar-refractivity contribution in [2.75, 3.05) is 7.11 Å². The van der Waals surface area contributed by atoms with Crippen LogP contribution in [-0.4, -0.2) is 47.4 Å². The Hall–Kier alpha value is -1.79. The summed E-state index contributed by atoms with van der Waals surface area (Å²) in [4.78, 5) is 37.2. The van der Waals surface area contributed by atoms with Crippen molar-refractivity contribution >= 4 is 18.0 Å². The molecule has 7 nitrogen and oxygen atoms in total. The Balaban J connectivity index is 2.39. The highest BCUT2D eigenvalue weighted by Gasteiger charge is 2.58. The summed E-state index contributed by atoms with van der Waals surface area (Å²) >= 11 is 0. The largest absolute Gasteiger partial charge is 0.481 e. The van der Waals surface area contributed by atoms with Gasteiger partial charge < -0.3 is 14.6 Å². The van der Waals surface area contributed by atoms with Gasteiger partial charge in [0.05, 0.1) is 24.0 Å². The number of fused-ring (bicyclic) bond motifs is 2. The van der Waals surface area contributed by atoms with Gasteiger partial charge in [-0.1, -0.05) is 0 Å². The Bertz CT molecular complexity index is 512. The quantitative estimate of drug-likeness (QED) is 0.782. The summed E-state index contributed by atoms with van der Waals surface area (Å²) in [6.07, 6.45) is -0.600. The van der Waals surface area contributed by atoms with Crippen molar-refractivity contribution in [2.45, 2.75) is 52.8 Å². The maximum absolute atomic E-state index is 12.2. The SMILES string of the molecule is COC(=O)N1[C@H]2CC(C(C)(C)C(=O)O)C[C@@H]1C(C)(C)C(=O)O2. The van der Waals surface area contributed by atoms with Gasteiger partial charge in [-0.25, -0.2) is 4.79 Å². The van der Waals surface area contributed by atoms with Gasteiger partial charge in [0.25, 0.3) is 0 Å². The van der Waals surface area contributed by atoms with Crippen molar-refractivity contribution in [1.82, 2.24) is 4.90 Å². The van der Waals surface area contributed by atoms with E-state index in [1.807, 2.05) is 0 Å². The van der Waals surface area contributed by atoms with Crippen LogP contribution in [0, 0.1) is 16.7 Å². The van der Waals surface area contributed by atoms with Gasteiger partial charge in [-0.15, -0.1) is 0 Å². The van der Waals surface area contributed by atoms with Crippen LogP contribution in [0.5, 0.6) is 0 Å². The van der Waals surface area contributed by atoms with Gasteiger partial charge in [-0.2, -0.15) is 0 Å². The number of piperidine rings is 1. The summed E-state index contributed by atoms with van der Waals surface area (Å²) in [6.45, 7) is 6.75. The van der Waals surface area contributed by atoms with Crippen molar-refractivity contribution in [3.8, 4) is 0 Å². The molecule has 0 aromatic rings. The Morgan fingerprint density at radius 2 is 1.95 bits per heavy atom. The van der Waals surface area contributed by atoms with Crippen LogP contribution in [-0.2, 0) is 19.1 Å². The second-order valence-corrected chi connectivity index (χ2v) is 7.17. The Morgan fingerprint density at radius 1 is 1.36 bits per heavy atom. The molecule has 2 fully saturated rings. The minimum absolute atomic E-state index is 0.201. The molecule has 2 heterocycles. The van der Waals surface area contributed by atoms with E-state index in [-0.39, 0.29) is 11.9 Å². The molecule has 3 atom stereocenters. The molecule has 0 aliphatic carbocycles. The average molecular weight is 313 g/mol. The molecule has 124 valence electrons. The lowest BCUT2D eigenvalue weighted by Crippen LogP contribution is -2.66. The first kappa shape index (κ1) is 16.6. The predicted octanol–water partition coefficient (Wildman–Crippen LogP) is 1.85. The first-order valence-electron chi connectivity index (χ1n) is 7.34. The van der Waals surface area contributed by atoms with Crippen LogP contribution in [0.15, 0.2) is 0 Å². The lowest BCUT2D eigenvalue weighted by atomic mass is 9.66. The first-order valence-corrected chi connectivity index (χ1v) is 7.34. The monoisotopic (exact) mass is 313 g/mol. The molecule has 2 saturated heterocycles. The lowest BCUT2D eigenvalue weighted by Gasteiger charge is -2.54. The highest BCUT2D eigenvalue weighted by molar-refractivity contribution is 5.81. The maximum Gasteiger partial charge on any atom is 0.412 e. The molecule has 0 aromatic carbocycles. The fraction of sp³-hybridized carbons (Fsp3) is 0.800. The second-order valence-electron chi connectivity index (χ2n) is 7.17. The number of rotatable bonds is 2. The molecule has 1 unspecified atom stereocenters. The summed E-state index contributed by atoms with van der Waals surface area (Å²) in [5, 5.41) is 9.45. The van der Waals surface area contributed by atoms with Crippen LogP contribution in [0.1, 0.15) is 40.5 Å². The number of ether oxygens (including phenoxy) is 2.